The van der Waals surface area contributed by atoms with Crippen LogP contribution in [0.15, 0.2) is 12.3 Å². The van der Waals surface area contributed by atoms with Crippen LogP contribution in [0.5, 0.6) is 0 Å². The average molecular weight is 236 g/mol. The lowest BCUT2D eigenvalue weighted by molar-refractivity contribution is -0.129. The Balaban J connectivity index is 1.81. The van der Waals surface area contributed by atoms with E-state index >= 15 is 0 Å². The third-order valence-electron chi connectivity index (χ3n) is 2.81. The molecule has 1 aromatic rings. The predicted molar refractivity (Wildman–Crippen MR) is 61.4 cm³/mol. The summed E-state index contributed by atoms with van der Waals surface area (Å²) in [6, 6.07) is 1.62. The lowest BCUT2D eigenvalue weighted by Gasteiger charge is -2.14. The summed E-state index contributed by atoms with van der Waals surface area (Å²) in [6.45, 7) is 1.66. The maximum Gasteiger partial charge on any atom is 0.272 e. The molecule has 1 saturated heterocycles. The van der Waals surface area contributed by atoms with Crippen molar-refractivity contribution in [3.05, 3.63) is 18.0 Å². The molecular formula is C11H16N4O2. The quantitative estimate of drug-likeness (QED) is 0.788. The molecule has 6 heteroatoms. The molecule has 2 amide bonds. The van der Waals surface area contributed by atoms with E-state index in [1.165, 1.54) is 0 Å². The van der Waals surface area contributed by atoms with Crippen LogP contribution in [-0.2, 0) is 11.8 Å². The highest BCUT2D eigenvalue weighted by molar-refractivity contribution is 5.94. The molecular weight excluding hydrogens is 220 g/mol. The molecule has 0 aliphatic carbocycles. The lowest BCUT2D eigenvalue weighted by atomic mass is 10.4. The molecule has 0 unspecified atom stereocenters. The van der Waals surface area contributed by atoms with Crippen molar-refractivity contribution in [2.45, 2.75) is 12.8 Å². The lowest BCUT2D eigenvalue weighted by Crippen LogP contribution is -2.38. The van der Waals surface area contributed by atoms with Gasteiger partial charge < -0.3 is 10.2 Å². The zero-order chi connectivity index (χ0) is 12.3. The third-order valence-corrected chi connectivity index (χ3v) is 2.81. The number of hydrogen-bond acceptors (Lipinski definition) is 3. The topological polar surface area (TPSA) is 67.2 Å². The van der Waals surface area contributed by atoms with Crippen molar-refractivity contribution in [3.63, 3.8) is 0 Å². The van der Waals surface area contributed by atoms with Gasteiger partial charge in [0.1, 0.15) is 5.69 Å². The molecule has 1 aliphatic heterocycles. The highest BCUT2D eigenvalue weighted by Crippen LogP contribution is 2.06. The normalized spacial score (nSPS) is 15.0. The zero-order valence-electron chi connectivity index (χ0n) is 9.85. The second-order valence-corrected chi connectivity index (χ2v) is 4.15. The smallest absolute Gasteiger partial charge is 0.272 e. The van der Waals surface area contributed by atoms with Crippen molar-refractivity contribution in [1.29, 1.82) is 0 Å². The minimum Gasteiger partial charge on any atom is -0.342 e. The van der Waals surface area contributed by atoms with Crippen LogP contribution in [0, 0.1) is 0 Å². The van der Waals surface area contributed by atoms with E-state index in [1.54, 1.807) is 28.9 Å². The minimum atomic E-state index is -0.307. The first-order valence-electron chi connectivity index (χ1n) is 5.72. The van der Waals surface area contributed by atoms with E-state index in [4.69, 9.17) is 0 Å². The van der Waals surface area contributed by atoms with Crippen LogP contribution in [0.3, 0.4) is 0 Å². The number of carbonyl (C=O) groups is 2. The summed E-state index contributed by atoms with van der Waals surface area (Å²) in [5.74, 6) is -0.329. The number of rotatable bonds is 3. The van der Waals surface area contributed by atoms with Crippen molar-refractivity contribution in [1.82, 2.24) is 20.0 Å². The summed E-state index contributed by atoms with van der Waals surface area (Å²) in [6.07, 6.45) is 3.80. The number of aryl methyl sites for hydroxylation is 1. The average Bonchev–Trinajstić information content (AvgIpc) is 2.95. The SMILES string of the molecule is Cn1ccc(C(=O)NCC(=O)N2CCCC2)n1. The third kappa shape index (κ3) is 2.83. The van der Waals surface area contributed by atoms with E-state index in [0.717, 1.165) is 25.9 Å². The Morgan fingerprint density at radius 2 is 2.12 bits per heavy atom. The Morgan fingerprint density at radius 1 is 1.41 bits per heavy atom. The van der Waals surface area contributed by atoms with Gasteiger partial charge in [-0.25, -0.2) is 0 Å². The summed E-state index contributed by atoms with van der Waals surface area (Å²) < 4.78 is 1.55. The van der Waals surface area contributed by atoms with Crippen LogP contribution in [0.4, 0.5) is 0 Å². The van der Waals surface area contributed by atoms with Crippen LogP contribution in [0.2, 0.25) is 0 Å². The number of nitrogens with one attached hydrogen (secondary N) is 1. The molecule has 0 aromatic carbocycles. The summed E-state index contributed by atoms with van der Waals surface area (Å²) in [4.78, 5) is 25.1. The second-order valence-electron chi connectivity index (χ2n) is 4.15. The standard InChI is InChI=1S/C11H16N4O2/c1-14-7-4-9(13-14)11(17)12-8-10(16)15-5-2-3-6-15/h4,7H,2-3,5-6,8H2,1H3,(H,12,17). The summed E-state index contributed by atoms with van der Waals surface area (Å²) in [5.41, 5.74) is 0.335. The van der Waals surface area contributed by atoms with Gasteiger partial charge in [0.05, 0.1) is 6.54 Å². The molecule has 0 bridgehead atoms. The van der Waals surface area contributed by atoms with Gasteiger partial charge >= 0.3 is 0 Å². The summed E-state index contributed by atoms with van der Waals surface area (Å²) in [7, 11) is 1.74. The molecule has 0 saturated carbocycles. The maximum atomic E-state index is 11.7. The van der Waals surface area contributed by atoms with E-state index < -0.39 is 0 Å². The molecule has 0 spiro atoms. The zero-order valence-corrected chi connectivity index (χ0v) is 9.85. The van der Waals surface area contributed by atoms with Gasteiger partial charge in [-0.1, -0.05) is 0 Å². The van der Waals surface area contributed by atoms with Crippen molar-refractivity contribution < 1.29 is 9.59 Å². The van der Waals surface area contributed by atoms with Crippen LogP contribution in [0.25, 0.3) is 0 Å². The largest absolute Gasteiger partial charge is 0.342 e. The fraction of sp³-hybridized carbons (Fsp3) is 0.545. The minimum absolute atomic E-state index is 0.0215. The van der Waals surface area contributed by atoms with Crippen molar-refractivity contribution in [3.8, 4) is 0 Å². The number of hydrogen-bond donors (Lipinski definition) is 1. The van der Waals surface area contributed by atoms with Crippen molar-refractivity contribution in [2.75, 3.05) is 19.6 Å². The van der Waals surface area contributed by atoms with Gasteiger partial charge in [0.25, 0.3) is 5.91 Å². The first kappa shape index (κ1) is 11.6. The van der Waals surface area contributed by atoms with Gasteiger partial charge in [-0.3, -0.25) is 14.3 Å². The van der Waals surface area contributed by atoms with E-state index in [0.29, 0.717) is 5.69 Å². The fourth-order valence-corrected chi connectivity index (χ4v) is 1.86. The van der Waals surface area contributed by atoms with Crippen LogP contribution in [0.1, 0.15) is 23.3 Å². The first-order valence-corrected chi connectivity index (χ1v) is 5.72. The Bertz CT molecular complexity index is 421. The van der Waals surface area contributed by atoms with Gasteiger partial charge in [-0.15, -0.1) is 0 Å². The molecule has 6 nitrogen and oxygen atoms in total. The molecule has 0 atom stereocenters. The molecule has 2 heterocycles. The predicted octanol–water partition coefficient (Wildman–Crippen LogP) is -0.228. The van der Waals surface area contributed by atoms with E-state index in [-0.39, 0.29) is 18.4 Å². The monoisotopic (exact) mass is 236 g/mol. The van der Waals surface area contributed by atoms with Gasteiger partial charge in [0.15, 0.2) is 0 Å². The van der Waals surface area contributed by atoms with Crippen LogP contribution in [-0.4, -0.2) is 46.1 Å². The van der Waals surface area contributed by atoms with Crippen molar-refractivity contribution in [2.24, 2.45) is 7.05 Å². The molecule has 1 N–H and O–H groups in total. The van der Waals surface area contributed by atoms with Gasteiger partial charge in [0, 0.05) is 26.3 Å². The van der Waals surface area contributed by atoms with E-state index in [1.807, 2.05) is 0 Å². The molecule has 0 radical (unpaired) electrons. The number of likely N-dealkylation sites (tertiary alicyclic amines) is 1. The van der Waals surface area contributed by atoms with Crippen molar-refractivity contribution >= 4 is 11.8 Å². The summed E-state index contributed by atoms with van der Waals surface area (Å²) >= 11 is 0. The first-order chi connectivity index (χ1) is 8.16. The summed E-state index contributed by atoms with van der Waals surface area (Å²) in [5, 5.41) is 6.55. The molecule has 1 fully saturated rings. The molecule has 1 aliphatic rings. The molecule has 17 heavy (non-hydrogen) atoms. The fourth-order valence-electron chi connectivity index (χ4n) is 1.86. The Labute approximate surface area is 99.6 Å². The highest BCUT2D eigenvalue weighted by atomic mass is 16.2. The Hall–Kier alpha value is -1.85. The van der Waals surface area contributed by atoms with E-state index in [2.05, 4.69) is 10.4 Å². The van der Waals surface area contributed by atoms with Crippen LogP contribution < -0.4 is 5.32 Å². The van der Waals surface area contributed by atoms with Gasteiger partial charge in [-0.2, -0.15) is 5.10 Å². The maximum absolute atomic E-state index is 11.7. The van der Waals surface area contributed by atoms with Crippen LogP contribution >= 0.6 is 0 Å². The second kappa shape index (κ2) is 4.99. The Morgan fingerprint density at radius 3 is 2.71 bits per heavy atom. The molecule has 1 aromatic heterocycles. The highest BCUT2D eigenvalue weighted by Gasteiger charge is 2.18. The molecule has 92 valence electrons. The van der Waals surface area contributed by atoms with E-state index in [9.17, 15) is 9.59 Å². The number of nitrogens with zero attached hydrogens (tertiary/aromatic N) is 3. The number of aromatic nitrogens is 2. The van der Waals surface area contributed by atoms with Gasteiger partial charge in [-0.05, 0) is 18.9 Å². The Kier molecular flexibility index (Phi) is 3.41. The number of amides is 2. The van der Waals surface area contributed by atoms with Gasteiger partial charge in [0.2, 0.25) is 5.91 Å². The molecule has 2 rings (SSSR count). The number of carbonyl (C=O) groups excluding carboxylic acids is 2.